The number of rotatable bonds is 3. The van der Waals surface area contributed by atoms with Crippen LogP contribution in [0.4, 0.5) is 0 Å². The molecule has 0 aliphatic rings. The Morgan fingerprint density at radius 1 is 1.41 bits per heavy atom. The summed E-state index contributed by atoms with van der Waals surface area (Å²) in [4.78, 5) is 37.8. The number of hydrogen-bond donors (Lipinski definition) is 4. The molecule has 0 radical (unpaired) electrons. The van der Waals surface area contributed by atoms with Crippen LogP contribution in [0.15, 0.2) is 28.0 Å². The molecule has 2 rings (SSSR count). The van der Waals surface area contributed by atoms with E-state index in [1.165, 1.54) is 0 Å². The SMILES string of the molecule is O=C(NCc1ccn[nH]1)c1c[nH]c(=O)[nH]c1=O. The molecule has 0 bridgehead atoms. The Morgan fingerprint density at radius 2 is 2.24 bits per heavy atom. The molecular formula is C9H9N5O3. The molecule has 0 saturated heterocycles. The molecule has 0 spiro atoms. The summed E-state index contributed by atoms with van der Waals surface area (Å²) >= 11 is 0. The molecule has 2 aromatic heterocycles. The number of nitrogens with one attached hydrogen (secondary N) is 4. The highest BCUT2D eigenvalue weighted by atomic mass is 16.2. The topological polar surface area (TPSA) is 123 Å². The number of amides is 1. The van der Waals surface area contributed by atoms with E-state index in [0.717, 1.165) is 6.20 Å². The summed E-state index contributed by atoms with van der Waals surface area (Å²) in [6.07, 6.45) is 2.62. The molecule has 8 heteroatoms. The van der Waals surface area contributed by atoms with Crippen LogP contribution in [0.2, 0.25) is 0 Å². The third kappa shape index (κ3) is 2.48. The van der Waals surface area contributed by atoms with Crippen molar-refractivity contribution in [1.82, 2.24) is 25.5 Å². The van der Waals surface area contributed by atoms with E-state index in [1.54, 1.807) is 12.3 Å². The average molecular weight is 235 g/mol. The number of H-pyrrole nitrogens is 3. The Morgan fingerprint density at radius 3 is 2.88 bits per heavy atom. The van der Waals surface area contributed by atoms with Crippen molar-refractivity contribution in [3.63, 3.8) is 0 Å². The van der Waals surface area contributed by atoms with Gasteiger partial charge in [0.25, 0.3) is 11.5 Å². The lowest BCUT2D eigenvalue weighted by Gasteiger charge is -2.01. The zero-order chi connectivity index (χ0) is 12.3. The molecule has 4 N–H and O–H groups in total. The van der Waals surface area contributed by atoms with Crippen molar-refractivity contribution in [1.29, 1.82) is 0 Å². The number of hydrogen-bond acceptors (Lipinski definition) is 4. The van der Waals surface area contributed by atoms with Crippen LogP contribution in [0.1, 0.15) is 16.1 Å². The van der Waals surface area contributed by atoms with Crippen molar-refractivity contribution in [3.05, 3.63) is 50.6 Å². The molecule has 0 fully saturated rings. The molecule has 0 atom stereocenters. The molecule has 0 unspecified atom stereocenters. The summed E-state index contributed by atoms with van der Waals surface area (Å²) < 4.78 is 0. The van der Waals surface area contributed by atoms with Crippen LogP contribution in [-0.2, 0) is 6.54 Å². The number of carbonyl (C=O) groups excluding carboxylic acids is 1. The van der Waals surface area contributed by atoms with Crippen LogP contribution in [0.25, 0.3) is 0 Å². The second kappa shape index (κ2) is 4.47. The van der Waals surface area contributed by atoms with E-state index in [9.17, 15) is 14.4 Å². The van der Waals surface area contributed by atoms with Gasteiger partial charge in [0, 0.05) is 12.4 Å². The zero-order valence-corrected chi connectivity index (χ0v) is 8.61. The van der Waals surface area contributed by atoms with Gasteiger partial charge in [-0.2, -0.15) is 5.10 Å². The van der Waals surface area contributed by atoms with Crippen LogP contribution in [0.3, 0.4) is 0 Å². The molecule has 0 aromatic carbocycles. The highest BCUT2D eigenvalue weighted by molar-refractivity contribution is 5.93. The summed E-state index contributed by atoms with van der Waals surface area (Å²) in [5, 5.41) is 8.88. The molecule has 0 aliphatic carbocycles. The minimum Gasteiger partial charge on any atom is -0.346 e. The van der Waals surface area contributed by atoms with Gasteiger partial charge in [-0.3, -0.25) is 19.7 Å². The first kappa shape index (κ1) is 10.9. The third-order valence-corrected chi connectivity index (χ3v) is 2.06. The monoisotopic (exact) mass is 235 g/mol. The number of carbonyl (C=O) groups is 1. The van der Waals surface area contributed by atoms with E-state index in [2.05, 4.69) is 20.5 Å². The molecule has 17 heavy (non-hydrogen) atoms. The van der Waals surface area contributed by atoms with Crippen molar-refractivity contribution in [3.8, 4) is 0 Å². The molecule has 2 heterocycles. The van der Waals surface area contributed by atoms with Gasteiger partial charge in [-0.15, -0.1) is 0 Å². The second-order valence-electron chi connectivity index (χ2n) is 3.25. The second-order valence-corrected chi connectivity index (χ2v) is 3.25. The van der Waals surface area contributed by atoms with Crippen LogP contribution in [0, 0.1) is 0 Å². The number of aromatic nitrogens is 4. The van der Waals surface area contributed by atoms with Crippen LogP contribution in [-0.4, -0.2) is 26.1 Å². The van der Waals surface area contributed by atoms with E-state index < -0.39 is 17.2 Å². The fraction of sp³-hybridized carbons (Fsp3) is 0.111. The Labute approximate surface area is 94.1 Å². The largest absolute Gasteiger partial charge is 0.346 e. The Kier molecular flexibility index (Phi) is 2.86. The van der Waals surface area contributed by atoms with E-state index in [-0.39, 0.29) is 12.1 Å². The number of aromatic amines is 3. The molecule has 1 amide bonds. The molecular weight excluding hydrogens is 226 g/mol. The van der Waals surface area contributed by atoms with Crippen LogP contribution >= 0.6 is 0 Å². The van der Waals surface area contributed by atoms with Gasteiger partial charge in [-0.1, -0.05) is 0 Å². The van der Waals surface area contributed by atoms with E-state index in [1.807, 2.05) is 4.98 Å². The van der Waals surface area contributed by atoms with E-state index in [0.29, 0.717) is 5.69 Å². The van der Waals surface area contributed by atoms with Gasteiger partial charge in [-0.25, -0.2) is 4.79 Å². The fourth-order valence-corrected chi connectivity index (χ4v) is 1.23. The predicted octanol–water partition coefficient (Wildman–Crippen LogP) is -1.28. The fourth-order valence-electron chi connectivity index (χ4n) is 1.23. The standard InChI is InChI=1S/C9H9N5O3/c15-7(10-3-5-1-2-12-14-5)6-4-11-9(17)13-8(6)16/h1-2,4H,3H2,(H,10,15)(H,12,14)(H2,11,13,16,17). The smallest absolute Gasteiger partial charge is 0.325 e. The average Bonchev–Trinajstić information content (AvgIpc) is 2.78. The van der Waals surface area contributed by atoms with Gasteiger partial charge in [0.15, 0.2) is 0 Å². The minimum absolute atomic E-state index is 0.149. The predicted molar refractivity (Wildman–Crippen MR) is 57.4 cm³/mol. The lowest BCUT2D eigenvalue weighted by molar-refractivity contribution is 0.0948. The first-order valence-electron chi connectivity index (χ1n) is 4.75. The van der Waals surface area contributed by atoms with Crippen molar-refractivity contribution in [2.45, 2.75) is 6.54 Å². The first-order chi connectivity index (χ1) is 8.16. The van der Waals surface area contributed by atoms with Crippen LogP contribution < -0.4 is 16.6 Å². The Bertz CT molecular complexity index is 625. The van der Waals surface area contributed by atoms with Gasteiger partial charge >= 0.3 is 5.69 Å². The summed E-state index contributed by atoms with van der Waals surface area (Å²) in [6.45, 7) is 0.220. The van der Waals surface area contributed by atoms with Crippen molar-refractivity contribution < 1.29 is 4.79 Å². The van der Waals surface area contributed by atoms with Gasteiger partial charge in [0.2, 0.25) is 0 Å². The lowest BCUT2D eigenvalue weighted by atomic mass is 10.3. The molecule has 0 aliphatic heterocycles. The maximum Gasteiger partial charge on any atom is 0.325 e. The third-order valence-electron chi connectivity index (χ3n) is 2.06. The quantitative estimate of drug-likeness (QED) is 0.528. The van der Waals surface area contributed by atoms with Crippen LogP contribution in [0.5, 0.6) is 0 Å². The molecule has 2 aromatic rings. The van der Waals surface area contributed by atoms with Crippen molar-refractivity contribution in [2.75, 3.05) is 0 Å². The Balaban J connectivity index is 2.10. The Hall–Kier alpha value is -2.64. The minimum atomic E-state index is -0.726. The summed E-state index contributed by atoms with van der Waals surface area (Å²) in [5.74, 6) is -0.572. The highest BCUT2D eigenvalue weighted by Crippen LogP contribution is 1.91. The summed E-state index contributed by atoms with van der Waals surface area (Å²) in [5.41, 5.74) is -0.820. The molecule has 8 nitrogen and oxygen atoms in total. The molecule has 0 saturated carbocycles. The van der Waals surface area contributed by atoms with Gasteiger partial charge in [0.1, 0.15) is 5.56 Å². The maximum absolute atomic E-state index is 11.6. The zero-order valence-electron chi connectivity index (χ0n) is 8.61. The highest BCUT2D eigenvalue weighted by Gasteiger charge is 2.10. The van der Waals surface area contributed by atoms with Crippen molar-refractivity contribution >= 4 is 5.91 Å². The first-order valence-corrected chi connectivity index (χ1v) is 4.75. The van der Waals surface area contributed by atoms with Crippen molar-refractivity contribution in [2.24, 2.45) is 0 Å². The normalized spacial score (nSPS) is 10.1. The summed E-state index contributed by atoms with van der Waals surface area (Å²) in [7, 11) is 0. The molecule has 88 valence electrons. The lowest BCUT2D eigenvalue weighted by Crippen LogP contribution is -2.33. The number of nitrogens with zero attached hydrogens (tertiary/aromatic N) is 1. The van der Waals surface area contributed by atoms with Gasteiger partial charge < -0.3 is 10.3 Å². The van der Waals surface area contributed by atoms with E-state index >= 15 is 0 Å². The van der Waals surface area contributed by atoms with Gasteiger partial charge in [0.05, 0.1) is 12.2 Å². The van der Waals surface area contributed by atoms with Gasteiger partial charge in [-0.05, 0) is 6.07 Å². The van der Waals surface area contributed by atoms with E-state index in [4.69, 9.17) is 0 Å². The summed E-state index contributed by atoms with van der Waals surface area (Å²) in [6, 6.07) is 1.69. The maximum atomic E-state index is 11.6.